The van der Waals surface area contributed by atoms with Crippen molar-refractivity contribution in [3.63, 3.8) is 0 Å². The van der Waals surface area contributed by atoms with Crippen LogP contribution in [0.4, 0.5) is 0 Å². The highest BCUT2D eigenvalue weighted by Crippen LogP contribution is 2.34. The standard InChI is InChI=1S/C23H18N2O3.C2H4O2/c24-23(27)21-22(26)18-12-11-17(28-16-9-5-2-6-10-16)14-19(18)20(25-21)13-15-7-3-1-4-8-15;1-2(3)4/h1-12,14,26H,13H2,(H2,24,27);1H3,(H,3,4). The van der Waals surface area contributed by atoms with Crippen molar-refractivity contribution >= 4 is 22.6 Å². The zero-order valence-electron chi connectivity index (χ0n) is 17.4. The summed E-state index contributed by atoms with van der Waals surface area (Å²) in [7, 11) is 0. The van der Waals surface area contributed by atoms with E-state index >= 15 is 0 Å². The van der Waals surface area contributed by atoms with Crippen LogP contribution in [0.3, 0.4) is 0 Å². The molecule has 0 aliphatic carbocycles. The number of nitrogens with two attached hydrogens (primary N) is 1. The van der Waals surface area contributed by atoms with Crippen LogP contribution in [0.1, 0.15) is 28.7 Å². The summed E-state index contributed by atoms with van der Waals surface area (Å²) in [4.78, 5) is 25.1. The molecule has 4 aromatic rings. The lowest BCUT2D eigenvalue weighted by atomic mass is 10.0. The summed E-state index contributed by atoms with van der Waals surface area (Å²) in [6, 6.07) is 24.5. The first-order valence-corrected chi connectivity index (χ1v) is 9.77. The Hall–Kier alpha value is -4.39. The van der Waals surface area contributed by atoms with Crippen molar-refractivity contribution in [2.24, 2.45) is 5.73 Å². The highest BCUT2D eigenvalue weighted by Gasteiger charge is 2.18. The molecule has 0 bridgehead atoms. The Morgan fingerprint density at radius 3 is 2.09 bits per heavy atom. The SMILES string of the molecule is CC(=O)O.NC(=O)c1nc(Cc2ccccc2)c2cc(Oc3ccccc3)ccc2c1O. The molecular weight excluding hydrogens is 408 g/mol. The molecule has 0 saturated carbocycles. The summed E-state index contributed by atoms with van der Waals surface area (Å²) in [5, 5.41) is 19.1. The third kappa shape index (κ3) is 5.60. The number of fused-ring (bicyclic) bond motifs is 1. The highest BCUT2D eigenvalue weighted by atomic mass is 16.5. The number of hydrogen-bond donors (Lipinski definition) is 3. The number of para-hydroxylation sites is 1. The van der Waals surface area contributed by atoms with E-state index in [0.29, 0.717) is 34.4 Å². The monoisotopic (exact) mass is 430 g/mol. The molecule has 0 unspecified atom stereocenters. The second-order valence-corrected chi connectivity index (χ2v) is 6.92. The van der Waals surface area contributed by atoms with Crippen LogP contribution < -0.4 is 10.5 Å². The third-order valence-corrected chi connectivity index (χ3v) is 4.45. The minimum atomic E-state index is -0.833. The number of rotatable bonds is 5. The normalized spacial score (nSPS) is 10.2. The van der Waals surface area contributed by atoms with Crippen molar-refractivity contribution in [2.45, 2.75) is 13.3 Å². The first-order valence-electron chi connectivity index (χ1n) is 9.77. The smallest absolute Gasteiger partial charge is 0.300 e. The van der Waals surface area contributed by atoms with Crippen molar-refractivity contribution in [1.82, 2.24) is 4.98 Å². The van der Waals surface area contributed by atoms with Gasteiger partial charge in [-0.1, -0.05) is 48.5 Å². The van der Waals surface area contributed by atoms with Crippen LogP contribution in [-0.4, -0.2) is 27.1 Å². The number of carboxylic acid groups (broad SMARTS) is 1. The Morgan fingerprint density at radius 2 is 1.50 bits per heavy atom. The van der Waals surface area contributed by atoms with Gasteiger partial charge in [-0.3, -0.25) is 9.59 Å². The third-order valence-electron chi connectivity index (χ3n) is 4.45. The predicted molar refractivity (Wildman–Crippen MR) is 121 cm³/mol. The zero-order chi connectivity index (χ0) is 23.1. The number of aromatic nitrogens is 1. The van der Waals surface area contributed by atoms with Gasteiger partial charge in [-0.2, -0.15) is 0 Å². The van der Waals surface area contributed by atoms with Crippen LogP contribution in [-0.2, 0) is 11.2 Å². The minimum Gasteiger partial charge on any atom is -0.505 e. The lowest BCUT2D eigenvalue weighted by Crippen LogP contribution is -2.15. The largest absolute Gasteiger partial charge is 0.505 e. The second-order valence-electron chi connectivity index (χ2n) is 6.92. The van der Waals surface area contributed by atoms with E-state index in [1.54, 1.807) is 12.1 Å². The van der Waals surface area contributed by atoms with Gasteiger partial charge < -0.3 is 20.7 Å². The number of hydrogen-bond acceptors (Lipinski definition) is 5. The molecule has 1 heterocycles. The maximum absolute atomic E-state index is 11.8. The number of carboxylic acids is 1. The number of benzene rings is 3. The van der Waals surface area contributed by atoms with Gasteiger partial charge in [0, 0.05) is 24.1 Å². The Bertz CT molecular complexity index is 1240. The number of amides is 1. The van der Waals surface area contributed by atoms with Gasteiger partial charge in [0.05, 0.1) is 5.69 Å². The van der Waals surface area contributed by atoms with E-state index in [1.165, 1.54) is 0 Å². The highest BCUT2D eigenvalue weighted by molar-refractivity contribution is 6.02. The molecular formula is C25H22N2O5. The first-order chi connectivity index (χ1) is 15.3. The van der Waals surface area contributed by atoms with Gasteiger partial charge in [-0.15, -0.1) is 0 Å². The molecule has 4 N–H and O–H groups in total. The predicted octanol–water partition coefficient (Wildman–Crippen LogP) is 4.51. The number of ether oxygens (including phenoxy) is 1. The van der Waals surface area contributed by atoms with Gasteiger partial charge in [-0.05, 0) is 35.9 Å². The molecule has 162 valence electrons. The molecule has 1 aromatic heterocycles. The lowest BCUT2D eigenvalue weighted by molar-refractivity contribution is -0.134. The van der Waals surface area contributed by atoms with Gasteiger partial charge in [-0.25, -0.2) is 4.98 Å². The number of carbonyl (C=O) groups is 2. The van der Waals surface area contributed by atoms with E-state index in [9.17, 15) is 9.90 Å². The van der Waals surface area contributed by atoms with Gasteiger partial charge in [0.1, 0.15) is 11.5 Å². The van der Waals surface area contributed by atoms with E-state index in [-0.39, 0.29) is 11.4 Å². The van der Waals surface area contributed by atoms with Gasteiger partial charge in [0.25, 0.3) is 11.9 Å². The maximum Gasteiger partial charge on any atom is 0.300 e. The van der Waals surface area contributed by atoms with Gasteiger partial charge in [0.15, 0.2) is 11.4 Å². The topological polar surface area (TPSA) is 123 Å². The maximum atomic E-state index is 11.8. The zero-order valence-corrected chi connectivity index (χ0v) is 17.4. The fourth-order valence-electron chi connectivity index (χ4n) is 3.13. The number of aliphatic carboxylic acids is 1. The number of nitrogens with zero attached hydrogens (tertiary/aromatic N) is 1. The second kappa shape index (κ2) is 10.1. The molecule has 0 atom stereocenters. The number of aromatic hydroxyl groups is 1. The van der Waals surface area contributed by atoms with Crippen LogP contribution in [0.5, 0.6) is 17.2 Å². The van der Waals surface area contributed by atoms with Crippen LogP contribution in [0.15, 0.2) is 78.9 Å². The molecule has 0 radical (unpaired) electrons. The van der Waals surface area contributed by atoms with E-state index in [4.69, 9.17) is 20.4 Å². The van der Waals surface area contributed by atoms with Gasteiger partial charge >= 0.3 is 0 Å². The van der Waals surface area contributed by atoms with E-state index in [2.05, 4.69) is 4.98 Å². The molecule has 32 heavy (non-hydrogen) atoms. The Labute approximate surface area is 184 Å². The average molecular weight is 430 g/mol. The fraction of sp³-hybridized carbons (Fsp3) is 0.0800. The van der Waals surface area contributed by atoms with Crippen molar-refractivity contribution in [3.05, 3.63) is 95.8 Å². The molecule has 0 saturated heterocycles. The van der Waals surface area contributed by atoms with Gasteiger partial charge in [0.2, 0.25) is 0 Å². The molecule has 0 aliphatic heterocycles. The van der Waals surface area contributed by atoms with Crippen molar-refractivity contribution in [1.29, 1.82) is 0 Å². The summed E-state index contributed by atoms with van der Waals surface area (Å²) in [6.45, 7) is 1.08. The summed E-state index contributed by atoms with van der Waals surface area (Å²) in [5.41, 5.74) is 6.96. The molecule has 0 aliphatic rings. The number of pyridine rings is 1. The van der Waals surface area contributed by atoms with Crippen LogP contribution in [0, 0.1) is 0 Å². The lowest BCUT2D eigenvalue weighted by Gasteiger charge is -2.13. The quantitative estimate of drug-likeness (QED) is 0.428. The molecule has 3 aromatic carbocycles. The summed E-state index contributed by atoms with van der Waals surface area (Å²) in [6.07, 6.45) is 0.493. The summed E-state index contributed by atoms with van der Waals surface area (Å²) in [5.74, 6) is -0.498. The number of carbonyl (C=O) groups excluding carboxylic acids is 1. The Kier molecular flexibility index (Phi) is 7.02. The average Bonchev–Trinajstić information content (AvgIpc) is 2.76. The Morgan fingerprint density at radius 1 is 0.906 bits per heavy atom. The molecule has 7 nitrogen and oxygen atoms in total. The molecule has 4 rings (SSSR count). The molecule has 1 amide bonds. The van der Waals surface area contributed by atoms with Crippen LogP contribution in [0.2, 0.25) is 0 Å². The Balaban J connectivity index is 0.000000668. The van der Waals surface area contributed by atoms with E-state index in [1.807, 2.05) is 66.7 Å². The van der Waals surface area contributed by atoms with Crippen molar-refractivity contribution < 1.29 is 24.5 Å². The first kappa shape index (κ1) is 22.3. The molecule has 7 heteroatoms. The summed E-state index contributed by atoms with van der Waals surface area (Å²) >= 11 is 0. The minimum absolute atomic E-state index is 0.129. The van der Waals surface area contributed by atoms with E-state index in [0.717, 1.165) is 12.5 Å². The van der Waals surface area contributed by atoms with Crippen molar-refractivity contribution in [2.75, 3.05) is 0 Å². The van der Waals surface area contributed by atoms with Crippen LogP contribution in [0.25, 0.3) is 10.8 Å². The summed E-state index contributed by atoms with van der Waals surface area (Å²) < 4.78 is 5.91. The van der Waals surface area contributed by atoms with E-state index < -0.39 is 11.9 Å². The molecule has 0 fully saturated rings. The van der Waals surface area contributed by atoms with Crippen molar-refractivity contribution in [3.8, 4) is 17.2 Å². The number of primary amides is 1. The fourth-order valence-corrected chi connectivity index (χ4v) is 3.13. The molecule has 0 spiro atoms. The van der Waals surface area contributed by atoms with Crippen LogP contribution >= 0.6 is 0 Å².